The molecule has 0 unspecified atom stereocenters. The summed E-state index contributed by atoms with van der Waals surface area (Å²) in [4.78, 5) is 10.6. The van der Waals surface area contributed by atoms with Crippen molar-refractivity contribution < 1.29 is 0 Å². The largest absolute Gasteiger partial charge is 0.375 e. The fourth-order valence-corrected chi connectivity index (χ4v) is 4.47. The SMILES string of the molecule is Cl.Nc1ncc(CN2CCC(N3CCc4ccccc43)CC2)s1. The summed E-state index contributed by atoms with van der Waals surface area (Å²) < 4.78 is 0. The minimum Gasteiger partial charge on any atom is -0.375 e. The van der Waals surface area contributed by atoms with Gasteiger partial charge in [-0.05, 0) is 30.9 Å². The molecule has 6 heteroatoms. The van der Waals surface area contributed by atoms with Gasteiger partial charge in [0.2, 0.25) is 0 Å². The molecule has 2 aliphatic heterocycles. The van der Waals surface area contributed by atoms with E-state index in [4.69, 9.17) is 5.73 Å². The first-order chi connectivity index (χ1) is 10.8. The predicted octanol–water partition coefficient (Wildman–Crippen LogP) is 3.17. The van der Waals surface area contributed by atoms with E-state index in [-0.39, 0.29) is 12.4 Å². The highest BCUT2D eigenvalue weighted by atomic mass is 35.5. The number of aromatic nitrogens is 1. The second-order valence-electron chi connectivity index (χ2n) is 6.24. The summed E-state index contributed by atoms with van der Waals surface area (Å²) in [5, 5.41) is 0.679. The number of para-hydroxylation sites is 1. The maximum absolute atomic E-state index is 5.72. The first-order valence-electron chi connectivity index (χ1n) is 8.07. The van der Waals surface area contributed by atoms with Gasteiger partial charge in [0.25, 0.3) is 0 Å². The number of hydrogen-bond acceptors (Lipinski definition) is 5. The summed E-state index contributed by atoms with van der Waals surface area (Å²) in [6, 6.07) is 9.59. The fourth-order valence-electron chi connectivity index (χ4n) is 3.75. The first-order valence-corrected chi connectivity index (χ1v) is 8.88. The Bertz CT molecular complexity index is 652. The number of benzene rings is 1. The van der Waals surface area contributed by atoms with Crippen LogP contribution in [0.25, 0.3) is 0 Å². The van der Waals surface area contributed by atoms with Crippen LogP contribution in [0.15, 0.2) is 30.5 Å². The topological polar surface area (TPSA) is 45.4 Å². The fraction of sp³-hybridized carbons (Fsp3) is 0.471. The van der Waals surface area contributed by atoms with Crippen LogP contribution in [0.1, 0.15) is 23.3 Å². The van der Waals surface area contributed by atoms with E-state index in [1.165, 1.54) is 55.0 Å². The van der Waals surface area contributed by atoms with Crippen LogP contribution in [0.4, 0.5) is 10.8 Å². The van der Waals surface area contributed by atoms with Gasteiger partial charge in [-0.1, -0.05) is 18.2 Å². The van der Waals surface area contributed by atoms with Gasteiger partial charge < -0.3 is 10.6 Å². The van der Waals surface area contributed by atoms with Crippen LogP contribution in [0.3, 0.4) is 0 Å². The molecule has 2 aromatic rings. The van der Waals surface area contributed by atoms with Crippen molar-refractivity contribution in [2.45, 2.75) is 31.8 Å². The van der Waals surface area contributed by atoms with Crippen molar-refractivity contribution in [3.8, 4) is 0 Å². The van der Waals surface area contributed by atoms with Gasteiger partial charge in [-0.3, -0.25) is 4.90 Å². The van der Waals surface area contributed by atoms with Crippen molar-refractivity contribution in [2.75, 3.05) is 30.3 Å². The molecule has 2 aliphatic rings. The number of rotatable bonds is 3. The minimum absolute atomic E-state index is 0. The molecule has 1 saturated heterocycles. The standard InChI is InChI=1S/C17H22N4S.ClH/c18-17-19-11-15(22-17)12-20-8-6-14(7-9-20)21-10-5-13-3-1-2-4-16(13)21;/h1-4,11,14H,5-10,12H2,(H2,18,19);1H. The monoisotopic (exact) mass is 350 g/mol. The van der Waals surface area contributed by atoms with Crippen LogP contribution in [-0.4, -0.2) is 35.6 Å². The molecule has 4 nitrogen and oxygen atoms in total. The Labute approximate surface area is 147 Å². The quantitative estimate of drug-likeness (QED) is 0.923. The molecular weight excluding hydrogens is 328 g/mol. The summed E-state index contributed by atoms with van der Waals surface area (Å²) in [5.74, 6) is 0. The number of anilines is 2. The molecule has 0 amide bonds. The van der Waals surface area contributed by atoms with Crippen LogP contribution >= 0.6 is 23.7 Å². The average molecular weight is 351 g/mol. The molecule has 23 heavy (non-hydrogen) atoms. The summed E-state index contributed by atoms with van der Waals surface area (Å²) in [6.07, 6.45) is 5.63. The Hall–Kier alpha value is -1.30. The van der Waals surface area contributed by atoms with Crippen LogP contribution in [0.5, 0.6) is 0 Å². The molecule has 4 rings (SSSR count). The highest BCUT2D eigenvalue weighted by molar-refractivity contribution is 7.15. The lowest BCUT2D eigenvalue weighted by molar-refractivity contribution is 0.203. The summed E-state index contributed by atoms with van der Waals surface area (Å²) >= 11 is 1.61. The predicted molar refractivity (Wildman–Crippen MR) is 99.6 cm³/mol. The number of hydrogen-bond donors (Lipinski definition) is 1. The second kappa shape index (κ2) is 7.07. The number of nitrogen functional groups attached to an aromatic ring is 1. The molecule has 0 aliphatic carbocycles. The summed E-state index contributed by atoms with van der Waals surface area (Å²) in [7, 11) is 0. The molecule has 1 aromatic heterocycles. The Morgan fingerprint density at radius 2 is 1.96 bits per heavy atom. The average Bonchev–Trinajstić information content (AvgIpc) is 3.14. The van der Waals surface area contributed by atoms with Crippen molar-refractivity contribution in [1.29, 1.82) is 0 Å². The third-order valence-electron chi connectivity index (χ3n) is 4.87. The number of halogens is 1. The number of nitrogens with two attached hydrogens (primary N) is 1. The van der Waals surface area contributed by atoms with Gasteiger partial charge in [-0.2, -0.15) is 0 Å². The Kier molecular flexibility index (Phi) is 5.09. The second-order valence-corrected chi connectivity index (χ2v) is 7.39. The van der Waals surface area contributed by atoms with Gasteiger partial charge >= 0.3 is 0 Å². The smallest absolute Gasteiger partial charge is 0.180 e. The Morgan fingerprint density at radius 1 is 1.17 bits per heavy atom. The first kappa shape index (κ1) is 16.6. The molecule has 0 bridgehead atoms. The normalized spacial score (nSPS) is 18.7. The molecule has 0 spiro atoms. The third kappa shape index (κ3) is 3.47. The van der Waals surface area contributed by atoms with E-state index in [0.717, 1.165) is 6.54 Å². The van der Waals surface area contributed by atoms with Crippen LogP contribution < -0.4 is 10.6 Å². The van der Waals surface area contributed by atoms with Crippen molar-refractivity contribution in [2.24, 2.45) is 0 Å². The Morgan fingerprint density at radius 3 is 2.70 bits per heavy atom. The van der Waals surface area contributed by atoms with Crippen LogP contribution in [-0.2, 0) is 13.0 Å². The molecule has 0 atom stereocenters. The zero-order valence-corrected chi connectivity index (χ0v) is 14.8. The van der Waals surface area contributed by atoms with Crippen LogP contribution in [0, 0.1) is 0 Å². The van der Waals surface area contributed by atoms with Gasteiger partial charge in [0.05, 0.1) is 0 Å². The molecule has 1 fully saturated rings. The molecular formula is C17H23ClN4S. The molecule has 124 valence electrons. The van der Waals surface area contributed by atoms with E-state index in [1.54, 1.807) is 11.3 Å². The maximum atomic E-state index is 5.72. The van der Waals surface area contributed by atoms with E-state index in [0.29, 0.717) is 11.2 Å². The number of thiazole rings is 1. The highest BCUT2D eigenvalue weighted by Crippen LogP contribution is 2.32. The molecule has 0 radical (unpaired) electrons. The zero-order chi connectivity index (χ0) is 14.9. The maximum Gasteiger partial charge on any atom is 0.180 e. The van der Waals surface area contributed by atoms with E-state index < -0.39 is 0 Å². The van der Waals surface area contributed by atoms with Gasteiger partial charge in [0.1, 0.15) is 0 Å². The Balaban J connectivity index is 0.00000156. The van der Waals surface area contributed by atoms with Crippen molar-refractivity contribution in [1.82, 2.24) is 9.88 Å². The molecule has 1 aromatic carbocycles. The third-order valence-corrected chi connectivity index (χ3v) is 5.68. The highest BCUT2D eigenvalue weighted by Gasteiger charge is 2.29. The van der Waals surface area contributed by atoms with Gasteiger partial charge in [-0.25, -0.2) is 4.98 Å². The van der Waals surface area contributed by atoms with Gasteiger partial charge in [0.15, 0.2) is 5.13 Å². The van der Waals surface area contributed by atoms with Gasteiger partial charge in [0, 0.05) is 49.0 Å². The van der Waals surface area contributed by atoms with Crippen molar-refractivity contribution in [3.63, 3.8) is 0 Å². The van der Waals surface area contributed by atoms with Crippen molar-refractivity contribution in [3.05, 3.63) is 40.9 Å². The summed E-state index contributed by atoms with van der Waals surface area (Å²) in [6.45, 7) is 4.52. The zero-order valence-electron chi connectivity index (χ0n) is 13.1. The molecule has 3 heterocycles. The lowest BCUT2D eigenvalue weighted by Crippen LogP contribution is -2.44. The number of likely N-dealkylation sites (tertiary alicyclic amines) is 1. The lowest BCUT2D eigenvalue weighted by Gasteiger charge is -2.38. The van der Waals surface area contributed by atoms with E-state index >= 15 is 0 Å². The molecule has 2 N–H and O–H groups in total. The number of nitrogens with zero attached hydrogens (tertiary/aromatic N) is 3. The van der Waals surface area contributed by atoms with Crippen LogP contribution in [0.2, 0.25) is 0 Å². The van der Waals surface area contributed by atoms with Gasteiger partial charge in [-0.15, -0.1) is 23.7 Å². The number of piperidine rings is 1. The van der Waals surface area contributed by atoms with Crippen molar-refractivity contribution >= 4 is 34.6 Å². The minimum atomic E-state index is 0. The van der Waals surface area contributed by atoms with E-state index in [9.17, 15) is 0 Å². The van der Waals surface area contributed by atoms with E-state index in [1.807, 2.05) is 6.20 Å². The summed E-state index contributed by atoms with van der Waals surface area (Å²) in [5.41, 5.74) is 8.70. The van der Waals surface area contributed by atoms with E-state index in [2.05, 4.69) is 39.0 Å². The number of fused-ring (bicyclic) bond motifs is 1. The lowest BCUT2D eigenvalue weighted by atomic mass is 10.0. The molecule has 0 saturated carbocycles.